The summed E-state index contributed by atoms with van der Waals surface area (Å²) >= 11 is 6.10. The van der Waals surface area contributed by atoms with Crippen LogP contribution in [0.25, 0.3) is 0 Å². The minimum absolute atomic E-state index is 0.0349. The van der Waals surface area contributed by atoms with E-state index >= 15 is 0 Å². The first-order valence-electron chi connectivity index (χ1n) is 8.85. The zero-order valence-corrected chi connectivity index (χ0v) is 16.1. The molecule has 1 atom stereocenters. The number of carboxylic acids is 1. The van der Waals surface area contributed by atoms with Gasteiger partial charge in [-0.05, 0) is 42.8 Å². The highest BCUT2D eigenvalue weighted by molar-refractivity contribution is 6.30. The second-order valence-electron chi connectivity index (χ2n) is 6.68. The Labute approximate surface area is 171 Å². The van der Waals surface area contributed by atoms with Crippen LogP contribution in [0.5, 0.6) is 0 Å². The second-order valence-corrected chi connectivity index (χ2v) is 7.12. The van der Waals surface area contributed by atoms with Crippen LogP contribution in [0.4, 0.5) is 11.5 Å². The highest BCUT2D eigenvalue weighted by Gasteiger charge is 2.29. The van der Waals surface area contributed by atoms with E-state index in [1.165, 1.54) is 12.3 Å². The molecule has 1 aliphatic heterocycles. The van der Waals surface area contributed by atoms with Gasteiger partial charge in [0.1, 0.15) is 17.1 Å². The van der Waals surface area contributed by atoms with Gasteiger partial charge < -0.3 is 15.7 Å². The minimum atomic E-state index is -1.13. The number of benzene rings is 2. The standard InChI is InChI=1S/C21H17ClN4O3/c1-12-5-7-15(8-6-12)24-20(27)16-11-23-26-18(13-3-2-4-14(22)9-13)10-17(21(28)29)25-19(16)26/h2-11,18,25H,1H3,(H,24,27)(H,28,29)/t18-/m0/s1. The van der Waals surface area contributed by atoms with Crippen molar-refractivity contribution in [2.45, 2.75) is 13.0 Å². The van der Waals surface area contributed by atoms with E-state index in [-0.39, 0.29) is 17.2 Å². The number of carbonyl (C=O) groups excluding carboxylic acids is 1. The molecule has 4 rings (SSSR count). The van der Waals surface area contributed by atoms with Crippen molar-refractivity contribution in [1.29, 1.82) is 0 Å². The number of carboxylic acid groups (broad SMARTS) is 1. The van der Waals surface area contributed by atoms with Crippen LogP contribution in [-0.4, -0.2) is 26.8 Å². The smallest absolute Gasteiger partial charge is 0.352 e. The van der Waals surface area contributed by atoms with E-state index in [0.29, 0.717) is 16.5 Å². The monoisotopic (exact) mass is 408 g/mol. The first-order chi connectivity index (χ1) is 13.9. The predicted molar refractivity (Wildman–Crippen MR) is 110 cm³/mol. The Morgan fingerprint density at radius 2 is 1.97 bits per heavy atom. The van der Waals surface area contributed by atoms with E-state index in [1.54, 1.807) is 35.0 Å². The predicted octanol–water partition coefficient (Wildman–Crippen LogP) is 4.08. The molecular formula is C21H17ClN4O3. The zero-order chi connectivity index (χ0) is 20.5. The van der Waals surface area contributed by atoms with Crippen molar-refractivity contribution >= 4 is 35.0 Å². The van der Waals surface area contributed by atoms with Gasteiger partial charge >= 0.3 is 5.97 Å². The van der Waals surface area contributed by atoms with Gasteiger partial charge in [-0.15, -0.1) is 0 Å². The van der Waals surface area contributed by atoms with Gasteiger partial charge in [0.25, 0.3) is 5.91 Å². The van der Waals surface area contributed by atoms with Crippen molar-refractivity contribution in [3.63, 3.8) is 0 Å². The molecule has 0 radical (unpaired) electrons. The molecule has 3 aromatic rings. The first kappa shape index (κ1) is 18.8. The molecule has 0 saturated carbocycles. The molecule has 2 heterocycles. The number of carbonyl (C=O) groups is 2. The van der Waals surface area contributed by atoms with Crippen LogP contribution >= 0.6 is 11.6 Å². The van der Waals surface area contributed by atoms with E-state index in [2.05, 4.69) is 15.7 Å². The normalized spacial score (nSPS) is 15.1. The number of aliphatic carboxylic acids is 1. The SMILES string of the molecule is Cc1ccc(NC(=O)c2cnn3c2NC(C(=O)O)=C[C@H]3c2cccc(Cl)c2)cc1. The summed E-state index contributed by atoms with van der Waals surface area (Å²) in [5.74, 6) is -1.21. The molecule has 2 aromatic carbocycles. The number of nitrogens with one attached hydrogen (secondary N) is 2. The summed E-state index contributed by atoms with van der Waals surface area (Å²) in [6, 6.07) is 13.9. The van der Waals surface area contributed by atoms with Gasteiger partial charge in [-0.3, -0.25) is 4.79 Å². The van der Waals surface area contributed by atoms with Gasteiger partial charge in [0.2, 0.25) is 0 Å². The lowest BCUT2D eigenvalue weighted by molar-refractivity contribution is -0.132. The van der Waals surface area contributed by atoms with E-state index in [0.717, 1.165) is 11.1 Å². The van der Waals surface area contributed by atoms with Gasteiger partial charge in [-0.25, -0.2) is 9.48 Å². The molecule has 146 valence electrons. The average molecular weight is 409 g/mol. The van der Waals surface area contributed by atoms with Crippen molar-refractivity contribution in [3.8, 4) is 0 Å². The summed E-state index contributed by atoms with van der Waals surface area (Å²) in [4.78, 5) is 24.5. The van der Waals surface area contributed by atoms with Crippen LogP contribution in [0, 0.1) is 6.92 Å². The summed E-state index contributed by atoms with van der Waals surface area (Å²) < 4.78 is 1.57. The largest absolute Gasteiger partial charge is 0.477 e. The Hall–Kier alpha value is -3.58. The summed E-state index contributed by atoms with van der Waals surface area (Å²) in [7, 11) is 0. The molecule has 1 amide bonds. The van der Waals surface area contributed by atoms with Crippen LogP contribution in [0.3, 0.4) is 0 Å². The number of hydrogen-bond acceptors (Lipinski definition) is 4. The molecular weight excluding hydrogens is 392 g/mol. The van der Waals surface area contributed by atoms with Gasteiger partial charge in [0.15, 0.2) is 0 Å². The van der Waals surface area contributed by atoms with Gasteiger partial charge in [-0.2, -0.15) is 5.10 Å². The topological polar surface area (TPSA) is 96.3 Å². The Balaban J connectivity index is 1.72. The lowest BCUT2D eigenvalue weighted by atomic mass is 10.0. The fraction of sp³-hybridized carbons (Fsp3) is 0.0952. The van der Waals surface area contributed by atoms with Crippen molar-refractivity contribution in [2.24, 2.45) is 0 Å². The Bertz CT molecular complexity index is 1140. The Morgan fingerprint density at radius 3 is 2.66 bits per heavy atom. The maximum absolute atomic E-state index is 12.8. The van der Waals surface area contributed by atoms with Crippen LogP contribution in [-0.2, 0) is 4.79 Å². The second kappa shape index (κ2) is 7.44. The molecule has 0 fully saturated rings. The molecule has 7 nitrogen and oxygen atoms in total. The third kappa shape index (κ3) is 3.72. The van der Waals surface area contributed by atoms with Crippen molar-refractivity contribution < 1.29 is 14.7 Å². The van der Waals surface area contributed by atoms with Crippen LogP contribution in [0.2, 0.25) is 5.02 Å². The Kier molecular flexibility index (Phi) is 4.82. The molecule has 0 aliphatic carbocycles. The highest BCUT2D eigenvalue weighted by atomic mass is 35.5. The van der Waals surface area contributed by atoms with E-state index in [9.17, 15) is 14.7 Å². The van der Waals surface area contributed by atoms with E-state index in [4.69, 9.17) is 11.6 Å². The lowest BCUT2D eigenvalue weighted by Gasteiger charge is -2.24. The molecule has 0 bridgehead atoms. The number of nitrogens with zero attached hydrogens (tertiary/aromatic N) is 2. The summed E-state index contributed by atoms with van der Waals surface area (Å²) in [6.07, 6.45) is 2.96. The minimum Gasteiger partial charge on any atom is -0.477 e. The van der Waals surface area contributed by atoms with E-state index in [1.807, 2.05) is 25.1 Å². The molecule has 3 N–H and O–H groups in total. The average Bonchev–Trinajstić information content (AvgIpc) is 3.13. The number of aryl methyl sites for hydroxylation is 1. The number of aromatic nitrogens is 2. The number of rotatable bonds is 4. The first-order valence-corrected chi connectivity index (χ1v) is 9.23. The fourth-order valence-corrected chi connectivity index (χ4v) is 3.35. The number of allylic oxidation sites excluding steroid dienone is 1. The van der Waals surface area contributed by atoms with Crippen LogP contribution < -0.4 is 10.6 Å². The van der Waals surface area contributed by atoms with Crippen molar-refractivity contribution in [3.05, 3.63) is 88.2 Å². The third-order valence-corrected chi connectivity index (χ3v) is 4.85. The summed E-state index contributed by atoms with van der Waals surface area (Å²) in [5.41, 5.74) is 2.68. The lowest BCUT2D eigenvalue weighted by Crippen LogP contribution is -2.25. The Morgan fingerprint density at radius 1 is 1.21 bits per heavy atom. The highest BCUT2D eigenvalue weighted by Crippen LogP contribution is 2.33. The number of amides is 1. The molecule has 29 heavy (non-hydrogen) atoms. The number of hydrogen-bond donors (Lipinski definition) is 3. The summed E-state index contributed by atoms with van der Waals surface area (Å²) in [6.45, 7) is 1.96. The number of anilines is 2. The molecule has 0 unspecified atom stereocenters. The van der Waals surface area contributed by atoms with Crippen molar-refractivity contribution in [2.75, 3.05) is 10.6 Å². The maximum Gasteiger partial charge on any atom is 0.352 e. The van der Waals surface area contributed by atoms with Gasteiger partial charge in [0.05, 0.1) is 12.2 Å². The van der Waals surface area contributed by atoms with Crippen LogP contribution in [0.15, 0.2) is 66.5 Å². The summed E-state index contributed by atoms with van der Waals surface area (Å²) in [5, 5.41) is 20.0. The quantitative estimate of drug-likeness (QED) is 0.604. The number of halogens is 1. The zero-order valence-electron chi connectivity index (χ0n) is 15.4. The van der Waals surface area contributed by atoms with Crippen LogP contribution in [0.1, 0.15) is 27.5 Å². The molecule has 1 aliphatic rings. The number of fused-ring (bicyclic) bond motifs is 1. The third-order valence-electron chi connectivity index (χ3n) is 4.61. The van der Waals surface area contributed by atoms with Gasteiger partial charge in [0, 0.05) is 10.7 Å². The molecule has 0 spiro atoms. The van der Waals surface area contributed by atoms with E-state index < -0.39 is 12.0 Å². The van der Waals surface area contributed by atoms with Gasteiger partial charge in [-0.1, -0.05) is 41.4 Å². The molecule has 1 aromatic heterocycles. The molecule has 0 saturated heterocycles. The van der Waals surface area contributed by atoms with Crippen molar-refractivity contribution in [1.82, 2.24) is 9.78 Å². The maximum atomic E-state index is 12.8. The fourth-order valence-electron chi connectivity index (χ4n) is 3.15. The molecule has 8 heteroatoms.